The second-order valence-corrected chi connectivity index (χ2v) is 7.37. The number of amides is 1. The number of rotatable bonds is 3. The summed E-state index contributed by atoms with van der Waals surface area (Å²) in [6, 6.07) is 10.00. The number of amidine groups is 1. The van der Waals surface area contributed by atoms with E-state index in [9.17, 15) is 4.79 Å². The number of carbonyl (C=O) groups is 1. The van der Waals surface area contributed by atoms with E-state index < -0.39 is 0 Å². The Bertz CT molecular complexity index is 761. The summed E-state index contributed by atoms with van der Waals surface area (Å²) >= 11 is 0. The SMILES string of the molecule is CC(C)N=C1C(=NCc2ccccc2)C(=O)N(C)C2=NC(C)(C)CN12. The quantitative estimate of drug-likeness (QED) is 0.849. The third-order valence-corrected chi connectivity index (χ3v) is 4.11. The summed E-state index contributed by atoms with van der Waals surface area (Å²) in [5.74, 6) is 1.15. The maximum absolute atomic E-state index is 12.9. The first kappa shape index (κ1) is 17.3. The van der Waals surface area contributed by atoms with Crippen LogP contribution in [-0.2, 0) is 11.3 Å². The van der Waals surface area contributed by atoms with Crippen molar-refractivity contribution in [1.82, 2.24) is 9.80 Å². The second-order valence-electron chi connectivity index (χ2n) is 7.37. The third kappa shape index (κ3) is 3.48. The molecule has 1 aromatic carbocycles. The molecule has 2 aliphatic heterocycles. The van der Waals surface area contributed by atoms with Crippen molar-refractivity contribution in [1.29, 1.82) is 0 Å². The van der Waals surface area contributed by atoms with Crippen LogP contribution in [0.5, 0.6) is 0 Å². The Balaban J connectivity index is 2.01. The van der Waals surface area contributed by atoms with Gasteiger partial charge in [0.1, 0.15) is 0 Å². The monoisotopic (exact) mass is 339 g/mol. The molecule has 0 N–H and O–H groups in total. The van der Waals surface area contributed by atoms with E-state index in [1.807, 2.05) is 49.1 Å². The molecule has 0 atom stereocenters. The van der Waals surface area contributed by atoms with Crippen molar-refractivity contribution >= 4 is 23.4 Å². The van der Waals surface area contributed by atoms with E-state index in [0.29, 0.717) is 30.6 Å². The van der Waals surface area contributed by atoms with Gasteiger partial charge >= 0.3 is 0 Å². The topological polar surface area (TPSA) is 60.6 Å². The van der Waals surface area contributed by atoms with Gasteiger partial charge in [0, 0.05) is 13.1 Å². The minimum Gasteiger partial charge on any atom is -0.292 e. The van der Waals surface area contributed by atoms with E-state index in [1.165, 1.54) is 0 Å². The number of guanidine groups is 1. The molecular formula is C19H25N5O. The average molecular weight is 339 g/mol. The summed E-state index contributed by atoms with van der Waals surface area (Å²) in [6.07, 6.45) is 0. The summed E-state index contributed by atoms with van der Waals surface area (Å²) in [6.45, 7) is 9.27. The van der Waals surface area contributed by atoms with Crippen molar-refractivity contribution in [3.63, 3.8) is 0 Å². The molecule has 6 nitrogen and oxygen atoms in total. The summed E-state index contributed by atoms with van der Waals surface area (Å²) < 4.78 is 0. The molecule has 3 rings (SSSR count). The van der Waals surface area contributed by atoms with Gasteiger partial charge in [0.2, 0.25) is 5.96 Å². The van der Waals surface area contributed by atoms with Crippen molar-refractivity contribution in [2.75, 3.05) is 13.6 Å². The molecule has 0 aliphatic carbocycles. The molecule has 1 saturated heterocycles. The van der Waals surface area contributed by atoms with Crippen LogP contribution in [-0.4, -0.2) is 58.4 Å². The Morgan fingerprint density at radius 1 is 1.24 bits per heavy atom. The van der Waals surface area contributed by atoms with Crippen molar-refractivity contribution < 1.29 is 4.79 Å². The smallest absolute Gasteiger partial charge is 0.282 e. The van der Waals surface area contributed by atoms with Crippen LogP contribution in [0.15, 0.2) is 45.3 Å². The molecule has 1 aromatic rings. The van der Waals surface area contributed by atoms with Gasteiger partial charge in [-0.05, 0) is 33.3 Å². The lowest BCUT2D eigenvalue weighted by molar-refractivity contribution is -0.120. The number of hydrogen-bond acceptors (Lipinski definition) is 4. The Hall–Kier alpha value is -2.50. The van der Waals surface area contributed by atoms with Crippen molar-refractivity contribution in [2.45, 2.75) is 45.8 Å². The maximum atomic E-state index is 12.9. The van der Waals surface area contributed by atoms with Crippen LogP contribution in [0.4, 0.5) is 0 Å². The fourth-order valence-corrected chi connectivity index (χ4v) is 2.99. The van der Waals surface area contributed by atoms with Crippen LogP contribution < -0.4 is 0 Å². The third-order valence-electron chi connectivity index (χ3n) is 4.11. The van der Waals surface area contributed by atoms with Crippen molar-refractivity contribution in [2.24, 2.45) is 15.0 Å². The van der Waals surface area contributed by atoms with Gasteiger partial charge in [0.25, 0.3) is 5.91 Å². The Morgan fingerprint density at radius 3 is 2.56 bits per heavy atom. The Kier molecular flexibility index (Phi) is 4.45. The first-order valence-corrected chi connectivity index (χ1v) is 8.60. The van der Waals surface area contributed by atoms with Gasteiger partial charge in [-0.15, -0.1) is 0 Å². The lowest BCUT2D eigenvalue weighted by Gasteiger charge is -2.34. The predicted octanol–water partition coefficient (Wildman–Crippen LogP) is 2.36. The summed E-state index contributed by atoms with van der Waals surface area (Å²) in [5.41, 5.74) is 1.23. The van der Waals surface area contributed by atoms with Gasteiger partial charge in [0.05, 0.1) is 18.6 Å². The number of hydrogen-bond donors (Lipinski definition) is 0. The summed E-state index contributed by atoms with van der Waals surface area (Å²) in [4.78, 5) is 30.5. The van der Waals surface area contributed by atoms with E-state index in [2.05, 4.69) is 18.8 Å². The fourth-order valence-electron chi connectivity index (χ4n) is 2.99. The molecular weight excluding hydrogens is 314 g/mol. The predicted molar refractivity (Wildman–Crippen MR) is 101 cm³/mol. The highest BCUT2D eigenvalue weighted by atomic mass is 16.2. The van der Waals surface area contributed by atoms with Crippen LogP contribution >= 0.6 is 0 Å². The average Bonchev–Trinajstić information content (AvgIpc) is 2.88. The molecule has 0 aromatic heterocycles. The van der Waals surface area contributed by atoms with Gasteiger partial charge in [-0.25, -0.2) is 4.99 Å². The van der Waals surface area contributed by atoms with Gasteiger partial charge in [-0.3, -0.25) is 24.6 Å². The molecule has 132 valence electrons. The number of aliphatic imine (C=N–C) groups is 3. The van der Waals surface area contributed by atoms with E-state index in [0.717, 1.165) is 5.56 Å². The molecule has 2 heterocycles. The van der Waals surface area contributed by atoms with E-state index >= 15 is 0 Å². The first-order chi connectivity index (χ1) is 11.8. The molecule has 2 aliphatic rings. The zero-order valence-electron chi connectivity index (χ0n) is 15.5. The number of benzene rings is 1. The first-order valence-electron chi connectivity index (χ1n) is 8.60. The highest BCUT2D eigenvalue weighted by Crippen LogP contribution is 2.26. The van der Waals surface area contributed by atoms with E-state index in [1.54, 1.807) is 11.9 Å². The van der Waals surface area contributed by atoms with Crippen molar-refractivity contribution in [3.8, 4) is 0 Å². The fraction of sp³-hybridized carbons (Fsp3) is 0.474. The van der Waals surface area contributed by atoms with Crippen LogP contribution in [0.2, 0.25) is 0 Å². The molecule has 0 bridgehead atoms. The van der Waals surface area contributed by atoms with Gasteiger partial charge in [-0.2, -0.15) is 0 Å². The van der Waals surface area contributed by atoms with Gasteiger partial charge in [0.15, 0.2) is 11.5 Å². The number of carbonyl (C=O) groups excluding carboxylic acids is 1. The molecule has 6 heteroatoms. The lowest BCUT2D eigenvalue weighted by Crippen LogP contribution is -2.58. The van der Waals surface area contributed by atoms with E-state index in [-0.39, 0.29) is 17.5 Å². The minimum absolute atomic E-state index is 0.0677. The number of fused-ring (bicyclic) bond motifs is 1. The minimum atomic E-state index is -0.253. The molecule has 0 spiro atoms. The highest BCUT2D eigenvalue weighted by molar-refractivity contribution is 6.70. The molecule has 25 heavy (non-hydrogen) atoms. The zero-order chi connectivity index (χ0) is 18.2. The van der Waals surface area contributed by atoms with Crippen LogP contribution in [0.1, 0.15) is 33.3 Å². The molecule has 0 radical (unpaired) electrons. The molecule has 1 fully saturated rings. The summed E-state index contributed by atoms with van der Waals surface area (Å²) in [7, 11) is 1.75. The Labute approximate surface area is 149 Å². The lowest BCUT2D eigenvalue weighted by atomic mass is 10.1. The van der Waals surface area contributed by atoms with Crippen LogP contribution in [0.3, 0.4) is 0 Å². The Morgan fingerprint density at radius 2 is 1.92 bits per heavy atom. The maximum Gasteiger partial charge on any atom is 0.282 e. The zero-order valence-corrected chi connectivity index (χ0v) is 15.5. The molecule has 0 saturated carbocycles. The molecule has 1 amide bonds. The summed E-state index contributed by atoms with van der Waals surface area (Å²) in [5, 5.41) is 0. The largest absolute Gasteiger partial charge is 0.292 e. The van der Waals surface area contributed by atoms with Gasteiger partial charge in [-0.1, -0.05) is 30.3 Å². The standard InChI is InChI=1S/C19H25N5O/c1-13(2)21-16-15(20-11-14-9-7-6-8-10-14)17(25)23(5)18-22-19(3,4)12-24(16)18/h6-10,13H,11-12H2,1-5H3. The molecule has 0 unspecified atom stereocenters. The van der Waals surface area contributed by atoms with Gasteiger partial charge < -0.3 is 0 Å². The van der Waals surface area contributed by atoms with Crippen LogP contribution in [0.25, 0.3) is 0 Å². The second kappa shape index (κ2) is 6.43. The number of nitrogens with zero attached hydrogens (tertiary/aromatic N) is 5. The normalized spacial score (nSPS) is 22.8. The highest BCUT2D eigenvalue weighted by Gasteiger charge is 2.45. The van der Waals surface area contributed by atoms with E-state index in [4.69, 9.17) is 9.98 Å². The van der Waals surface area contributed by atoms with Crippen LogP contribution in [0, 0.1) is 0 Å². The van der Waals surface area contributed by atoms with Crippen molar-refractivity contribution in [3.05, 3.63) is 35.9 Å².